The zero-order chi connectivity index (χ0) is 14.6. The minimum Gasteiger partial charge on any atom is -0.345 e. The lowest BCUT2D eigenvalue weighted by atomic mass is 10.1. The molecule has 5 nitrogen and oxygen atoms in total. The van der Waals surface area contributed by atoms with Crippen LogP contribution in [0.25, 0.3) is 0 Å². The summed E-state index contributed by atoms with van der Waals surface area (Å²) in [6.07, 6.45) is 0.571. The van der Waals surface area contributed by atoms with Crippen molar-refractivity contribution in [1.29, 1.82) is 0 Å². The number of nitrogens with one attached hydrogen (secondary N) is 1. The van der Waals surface area contributed by atoms with Crippen molar-refractivity contribution in [3.63, 3.8) is 0 Å². The molecule has 112 valence electrons. The number of nitrogens with zero attached hydrogens (tertiary/aromatic N) is 1. The van der Waals surface area contributed by atoms with E-state index in [-0.39, 0.29) is 24.2 Å². The van der Waals surface area contributed by atoms with Crippen molar-refractivity contribution in [2.75, 3.05) is 19.4 Å². The lowest BCUT2D eigenvalue weighted by Crippen LogP contribution is -2.35. The molecule has 0 bridgehead atoms. The maximum Gasteiger partial charge on any atom is 0.253 e. The third-order valence-corrected chi connectivity index (χ3v) is 2.93. The number of anilines is 1. The highest BCUT2D eigenvalue weighted by Crippen LogP contribution is 2.18. The summed E-state index contributed by atoms with van der Waals surface area (Å²) >= 11 is 0. The van der Waals surface area contributed by atoms with Crippen molar-refractivity contribution in [2.24, 2.45) is 5.73 Å². The van der Waals surface area contributed by atoms with Gasteiger partial charge in [0.25, 0.3) is 5.91 Å². The quantitative estimate of drug-likeness (QED) is 0.890. The molecule has 0 saturated heterocycles. The first-order chi connectivity index (χ1) is 8.86. The van der Waals surface area contributed by atoms with Crippen molar-refractivity contribution < 1.29 is 9.59 Å². The Labute approximate surface area is 125 Å². The average Bonchev–Trinajstić information content (AvgIpc) is 2.39. The van der Waals surface area contributed by atoms with Gasteiger partial charge in [-0.15, -0.1) is 12.4 Å². The third kappa shape index (κ3) is 4.51. The predicted molar refractivity (Wildman–Crippen MR) is 83.3 cm³/mol. The van der Waals surface area contributed by atoms with E-state index in [1.807, 2.05) is 19.9 Å². The highest BCUT2D eigenvalue weighted by molar-refractivity contribution is 5.98. The molecule has 0 fully saturated rings. The van der Waals surface area contributed by atoms with Crippen LogP contribution in [-0.4, -0.2) is 36.9 Å². The van der Waals surface area contributed by atoms with Gasteiger partial charge in [-0.05, 0) is 31.0 Å². The third-order valence-electron chi connectivity index (χ3n) is 2.93. The molecular weight excluding hydrogens is 278 g/mol. The second kappa shape index (κ2) is 7.87. The Morgan fingerprint density at radius 2 is 1.95 bits per heavy atom. The number of halogens is 1. The number of carbonyl (C=O) groups excluding carboxylic acids is 2. The summed E-state index contributed by atoms with van der Waals surface area (Å²) in [5, 5.41) is 2.76. The topological polar surface area (TPSA) is 75.4 Å². The van der Waals surface area contributed by atoms with E-state index in [1.54, 1.807) is 26.2 Å². The molecule has 1 rings (SSSR count). The molecule has 3 N–H and O–H groups in total. The SMILES string of the molecule is CC[C@H](N)C(=O)Nc1cc(C(=O)N(C)C)ccc1C.Cl. The van der Waals surface area contributed by atoms with Gasteiger partial charge >= 0.3 is 0 Å². The molecule has 2 amide bonds. The molecule has 0 aliphatic heterocycles. The van der Waals surface area contributed by atoms with Gasteiger partial charge in [-0.3, -0.25) is 9.59 Å². The van der Waals surface area contributed by atoms with Gasteiger partial charge in [0, 0.05) is 25.3 Å². The smallest absolute Gasteiger partial charge is 0.253 e. The van der Waals surface area contributed by atoms with Crippen LogP contribution in [0, 0.1) is 6.92 Å². The standard InChI is InChI=1S/C14H21N3O2.ClH/c1-5-11(15)13(18)16-12-8-10(7-6-9(12)2)14(19)17(3)4;/h6-8,11H,5,15H2,1-4H3,(H,16,18);1H/t11-;/m0./s1. The molecule has 0 radical (unpaired) electrons. The Bertz CT molecular complexity index is 489. The number of carbonyl (C=O) groups is 2. The summed E-state index contributed by atoms with van der Waals surface area (Å²) in [5.41, 5.74) is 7.73. The van der Waals surface area contributed by atoms with Crippen molar-refractivity contribution in [2.45, 2.75) is 26.3 Å². The lowest BCUT2D eigenvalue weighted by molar-refractivity contribution is -0.117. The molecule has 6 heteroatoms. The summed E-state index contributed by atoms with van der Waals surface area (Å²) in [6, 6.07) is 4.70. The lowest BCUT2D eigenvalue weighted by Gasteiger charge is -2.15. The Hall–Kier alpha value is -1.59. The Kier molecular flexibility index (Phi) is 7.24. The van der Waals surface area contributed by atoms with E-state index in [4.69, 9.17) is 5.73 Å². The molecule has 0 saturated carbocycles. The van der Waals surface area contributed by atoms with Gasteiger partial charge in [0.1, 0.15) is 0 Å². The van der Waals surface area contributed by atoms with E-state index in [0.29, 0.717) is 17.7 Å². The van der Waals surface area contributed by atoms with E-state index in [0.717, 1.165) is 5.56 Å². The van der Waals surface area contributed by atoms with E-state index < -0.39 is 6.04 Å². The summed E-state index contributed by atoms with van der Waals surface area (Å²) in [4.78, 5) is 25.1. The fourth-order valence-electron chi connectivity index (χ4n) is 1.56. The molecule has 1 atom stereocenters. The van der Waals surface area contributed by atoms with Crippen LogP contribution in [0.1, 0.15) is 29.3 Å². The molecule has 0 aliphatic rings. The van der Waals surface area contributed by atoms with Gasteiger partial charge in [0.15, 0.2) is 0 Å². The van der Waals surface area contributed by atoms with E-state index in [2.05, 4.69) is 5.32 Å². The maximum atomic E-state index is 11.9. The summed E-state index contributed by atoms with van der Waals surface area (Å²) in [7, 11) is 3.38. The van der Waals surface area contributed by atoms with E-state index in [1.165, 1.54) is 4.90 Å². The normalized spacial score (nSPS) is 11.2. The highest BCUT2D eigenvalue weighted by atomic mass is 35.5. The minimum absolute atomic E-state index is 0. The molecule has 0 aromatic heterocycles. The summed E-state index contributed by atoms with van der Waals surface area (Å²) in [5.74, 6) is -0.338. The molecule has 0 unspecified atom stereocenters. The molecule has 1 aromatic rings. The fraction of sp³-hybridized carbons (Fsp3) is 0.429. The highest BCUT2D eigenvalue weighted by Gasteiger charge is 2.14. The number of hydrogen-bond donors (Lipinski definition) is 2. The first-order valence-corrected chi connectivity index (χ1v) is 6.25. The van der Waals surface area contributed by atoms with Gasteiger partial charge < -0.3 is 16.0 Å². The van der Waals surface area contributed by atoms with Crippen molar-refractivity contribution in [1.82, 2.24) is 4.90 Å². The monoisotopic (exact) mass is 299 g/mol. The molecular formula is C14H22ClN3O2. The van der Waals surface area contributed by atoms with Crippen LogP contribution in [0.2, 0.25) is 0 Å². The summed E-state index contributed by atoms with van der Waals surface area (Å²) < 4.78 is 0. The van der Waals surface area contributed by atoms with Crippen molar-refractivity contribution >= 4 is 29.9 Å². The van der Waals surface area contributed by atoms with Gasteiger partial charge in [-0.1, -0.05) is 13.0 Å². The van der Waals surface area contributed by atoms with Crippen molar-refractivity contribution in [3.05, 3.63) is 29.3 Å². The van der Waals surface area contributed by atoms with Crippen LogP contribution in [0.15, 0.2) is 18.2 Å². The molecule has 0 aliphatic carbocycles. The fourth-order valence-corrected chi connectivity index (χ4v) is 1.56. The predicted octanol–water partition coefficient (Wildman–Crippen LogP) is 1.79. The van der Waals surface area contributed by atoms with Crippen LogP contribution >= 0.6 is 12.4 Å². The number of rotatable bonds is 4. The largest absolute Gasteiger partial charge is 0.345 e. The van der Waals surface area contributed by atoms with E-state index in [9.17, 15) is 9.59 Å². The van der Waals surface area contributed by atoms with Crippen LogP contribution in [-0.2, 0) is 4.79 Å². The van der Waals surface area contributed by atoms with Crippen LogP contribution in [0.3, 0.4) is 0 Å². The first kappa shape index (κ1) is 18.4. The molecule has 1 aromatic carbocycles. The van der Waals surface area contributed by atoms with Gasteiger partial charge in [-0.2, -0.15) is 0 Å². The molecule has 0 heterocycles. The van der Waals surface area contributed by atoms with Crippen LogP contribution in [0.4, 0.5) is 5.69 Å². The van der Waals surface area contributed by atoms with E-state index >= 15 is 0 Å². The Morgan fingerprint density at radius 3 is 2.45 bits per heavy atom. The number of aryl methyl sites for hydroxylation is 1. The number of amides is 2. The van der Waals surface area contributed by atoms with Gasteiger partial charge in [0.2, 0.25) is 5.91 Å². The maximum absolute atomic E-state index is 11.9. The molecule has 0 spiro atoms. The number of benzene rings is 1. The minimum atomic E-state index is -0.535. The first-order valence-electron chi connectivity index (χ1n) is 6.25. The van der Waals surface area contributed by atoms with Crippen LogP contribution in [0.5, 0.6) is 0 Å². The number of hydrogen-bond acceptors (Lipinski definition) is 3. The Morgan fingerprint density at radius 1 is 1.35 bits per heavy atom. The van der Waals surface area contributed by atoms with Crippen LogP contribution < -0.4 is 11.1 Å². The zero-order valence-corrected chi connectivity index (χ0v) is 13.1. The Balaban J connectivity index is 0.00000361. The van der Waals surface area contributed by atoms with Gasteiger partial charge in [-0.25, -0.2) is 0 Å². The second-order valence-electron chi connectivity index (χ2n) is 4.73. The molecule has 20 heavy (non-hydrogen) atoms. The zero-order valence-electron chi connectivity index (χ0n) is 12.3. The average molecular weight is 300 g/mol. The van der Waals surface area contributed by atoms with Gasteiger partial charge in [0.05, 0.1) is 6.04 Å². The van der Waals surface area contributed by atoms with Crippen molar-refractivity contribution in [3.8, 4) is 0 Å². The number of nitrogens with two attached hydrogens (primary N) is 1. The second-order valence-corrected chi connectivity index (χ2v) is 4.73. The summed E-state index contributed by atoms with van der Waals surface area (Å²) in [6.45, 7) is 3.72.